The van der Waals surface area contributed by atoms with Crippen LogP contribution in [0.25, 0.3) is 0 Å². The molecule has 0 bridgehead atoms. The van der Waals surface area contributed by atoms with E-state index in [2.05, 4.69) is 24.3 Å². The van der Waals surface area contributed by atoms with E-state index in [1.165, 1.54) is 6.07 Å². The zero-order valence-corrected chi connectivity index (χ0v) is 11.8. The van der Waals surface area contributed by atoms with Gasteiger partial charge < -0.3 is 4.42 Å². The van der Waals surface area contributed by atoms with E-state index in [4.69, 9.17) is 4.42 Å². The third kappa shape index (κ3) is 2.95. The lowest BCUT2D eigenvalue weighted by Gasteiger charge is -2.17. The van der Waals surface area contributed by atoms with Crippen molar-refractivity contribution in [1.82, 2.24) is 0 Å². The largest absolute Gasteiger partial charge is 0.427 e. The monoisotopic (exact) mass is 276 g/mol. The minimum atomic E-state index is -0.304. The molecular formula is C19H16O2. The van der Waals surface area contributed by atoms with E-state index < -0.39 is 0 Å². The molecule has 3 rings (SSSR count). The van der Waals surface area contributed by atoms with Gasteiger partial charge in [0.05, 0.1) is 5.92 Å². The minimum absolute atomic E-state index is 0.0694. The Balaban J connectivity index is 2.19. The molecule has 21 heavy (non-hydrogen) atoms. The van der Waals surface area contributed by atoms with Crippen LogP contribution in [0.15, 0.2) is 82.0 Å². The fourth-order valence-electron chi connectivity index (χ4n) is 2.58. The first-order valence-electron chi connectivity index (χ1n) is 6.95. The van der Waals surface area contributed by atoms with Crippen molar-refractivity contribution in [1.29, 1.82) is 0 Å². The molecule has 0 aliphatic heterocycles. The summed E-state index contributed by atoms with van der Waals surface area (Å²) in [7, 11) is 0. The van der Waals surface area contributed by atoms with Gasteiger partial charge in [0.25, 0.3) is 0 Å². The van der Waals surface area contributed by atoms with Gasteiger partial charge in [0.2, 0.25) is 0 Å². The Hall–Kier alpha value is -2.61. The van der Waals surface area contributed by atoms with Gasteiger partial charge in [0.15, 0.2) is 0 Å². The SMILES string of the molecule is Cc1cc(C(c2ccccc2)c2ccccc2)oc(=O)c1. The van der Waals surface area contributed by atoms with Crippen molar-refractivity contribution in [3.63, 3.8) is 0 Å². The molecule has 0 aliphatic rings. The molecular weight excluding hydrogens is 260 g/mol. The normalized spacial score (nSPS) is 10.8. The number of aryl methyl sites for hydroxylation is 1. The predicted molar refractivity (Wildman–Crippen MR) is 83.5 cm³/mol. The van der Waals surface area contributed by atoms with Crippen LogP contribution < -0.4 is 5.63 Å². The summed E-state index contributed by atoms with van der Waals surface area (Å²) in [6.45, 7) is 1.91. The number of benzene rings is 2. The zero-order chi connectivity index (χ0) is 14.7. The van der Waals surface area contributed by atoms with Crippen LogP contribution in [0.2, 0.25) is 0 Å². The Bertz CT molecular complexity index is 734. The molecule has 3 aromatic rings. The van der Waals surface area contributed by atoms with E-state index in [0.717, 1.165) is 16.7 Å². The van der Waals surface area contributed by atoms with E-state index >= 15 is 0 Å². The molecule has 2 aromatic carbocycles. The van der Waals surface area contributed by atoms with Crippen LogP contribution in [-0.4, -0.2) is 0 Å². The lowest BCUT2D eigenvalue weighted by atomic mass is 9.88. The molecule has 0 radical (unpaired) electrons. The van der Waals surface area contributed by atoms with Gasteiger partial charge in [0.1, 0.15) is 5.76 Å². The van der Waals surface area contributed by atoms with Crippen LogP contribution in [0.5, 0.6) is 0 Å². The fraction of sp³-hybridized carbons (Fsp3) is 0.105. The predicted octanol–water partition coefficient (Wildman–Crippen LogP) is 4.13. The second kappa shape index (κ2) is 5.80. The van der Waals surface area contributed by atoms with Crippen LogP contribution in [-0.2, 0) is 0 Å². The topological polar surface area (TPSA) is 30.2 Å². The molecule has 0 spiro atoms. The van der Waals surface area contributed by atoms with Crippen molar-refractivity contribution < 1.29 is 4.42 Å². The summed E-state index contributed by atoms with van der Waals surface area (Å²) in [6, 6.07) is 23.6. The van der Waals surface area contributed by atoms with E-state index in [9.17, 15) is 4.79 Å². The van der Waals surface area contributed by atoms with E-state index in [0.29, 0.717) is 5.76 Å². The lowest BCUT2D eigenvalue weighted by molar-refractivity contribution is 0.452. The molecule has 2 heteroatoms. The molecule has 0 amide bonds. The minimum Gasteiger partial charge on any atom is -0.427 e. The number of hydrogen-bond donors (Lipinski definition) is 0. The van der Waals surface area contributed by atoms with E-state index in [1.54, 1.807) is 0 Å². The molecule has 104 valence electrons. The Morgan fingerprint density at radius 1 is 0.810 bits per heavy atom. The molecule has 1 heterocycles. The first-order valence-corrected chi connectivity index (χ1v) is 6.95. The fourth-order valence-corrected chi connectivity index (χ4v) is 2.58. The Morgan fingerprint density at radius 3 is 1.81 bits per heavy atom. The summed E-state index contributed by atoms with van der Waals surface area (Å²) in [5.41, 5.74) is 2.83. The van der Waals surface area contributed by atoms with E-state index in [1.807, 2.05) is 49.4 Å². The molecule has 1 aromatic heterocycles. The highest BCUT2D eigenvalue weighted by Gasteiger charge is 2.19. The smallest absolute Gasteiger partial charge is 0.336 e. The molecule has 0 aliphatic carbocycles. The van der Waals surface area contributed by atoms with Crippen LogP contribution >= 0.6 is 0 Å². The van der Waals surface area contributed by atoms with Gasteiger partial charge in [-0.1, -0.05) is 60.7 Å². The molecule has 0 atom stereocenters. The highest BCUT2D eigenvalue weighted by Crippen LogP contribution is 2.31. The van der Waals surface area contributed by atoms with Gasteiger partial charge in [0, 0.05) is 6.07 Å². The maximum atomic E-state index is 11.7. The van der Waals surface area contributed by atoms with E-state index in [-0.39, 0.29) is 11.5 Å². The first-order chi connectivity index (χ1) is 10.2. The van der Waals surface area contributed by atoms with Crippen molar-refractivity contribution in [2.24, 2.45) is 0 Å². The molecule has 0 N–H and O–H groups in total. The summed E-state index contributed by atoms with van der Waals surface area (Å²) in [5.74, 6) is 0.609. The maximum Gasteiger partial charge on any atom is 0.336 e. The van der Waals surface area contributed by atoms with Gasteiger partial charge >= 0.3 is 5.63 Å². The van der Waals surface area contributed by atoms with Crippen molar-refractivity contribution >= 4 is 0 Å². The Kier molecular flexibility index (Phi) is 3.69. The average Bonchev–Trinajstić information content (AvgIpc) is 2.49. The third-order valence-corrected chi connectivity index (χ3v) is 3.48. The highest BCUT2D eigenvalue weighted by molar-refractivity contribution is 5.39. The van der Waals surface area contributed by atoms with Gasteiger partial charge in [-0.25, -0.2) is 4.79 Å². The molecule has 0 saturated carbocycles. The Morgan fingerprint density at radius 2 is 1.33 bits per heavy atom. The summed E-state index contributed by atoms with van der Waals surface area (Å²) in [6.07, 6.45) is 0. The summed E-state index contributed by atoms with van der Waals surface area (Å²) >= 11 is 0. The zero-order valence-electron chi connectivity index (χ0n) is 11.8. The third-order valence-electron chi connectivity index (χ3n) is 3.48. The van der Waals surface area contributed by atoms with Crippen molar-refractivity contribution in [3.05, 3.63) is 106 Å². The number of hydrogen-bond acceptors (Lipinski definition) is 2. The second-order valence-electron chi connectivity index (χ2n) is 5.11. The molecule has 2 nitrogen and oxygen atoms in total. The van der Waals surface area contributed by atoms with Crippen molar-refractivity contribution in [3.8, 4) is 0 Å². The molecule has 0 saturated heterocycles. The van der Waals surface area contributed by atoms with Gasteiger partial charge in [-0.05, 0) is 29.7 Å². The van der Waals surface area contributed by atoms with Gasteiger partial charge in [-0.2, -0.15) is 0 Å². The van der Waals surface area contributed by atoms with Crippen LogP contribution in [0.1, 0.15) is 28.4 Å². The standard InChI is InChI=1S/C19H16O2/c1-14-12-17(21-18(20)13-14)19(15-8-4-2-5-9-15)16-10-6-3-7-11-16/h2-13,19H,1H3. The summed E-state index contributed by atoms with van der Waals surface area (Å²) in [4.78, 5) is 11.7. The van der Waals surface area contributed by atoms with Crippen molar-refractivity contribution in [2.45, 2.75) is 12.8 Å². The van der Waals surface area contributed by atoms with Crippen molar-refractivity contribution in [2.75, 3.05) is 0 Å². The van der Waals surface area contributed by atoms with Gasteiger partial charge in [-0.15, -0.1) is 0 Å². The highest BCUT2D eigenvalue weighted by atomic mass is 16.4. The van der Waals surface area contributed by atoms with Gasteiger partial charge in [-0.3, -0.25) is 0 Å². The molecule has 0 unspecified atom stereocenters. The van der Waals surface area contributed by atoms with Crippen LogP contribution in [0, 0.1) is 6.92 Å². The quantitative estimate of drug-likeness (QED) is 0.720. The average molecular weight is 276 g/mol. The lowest BCUT2D eigenvalue weighted by Crippen LogP contribution is -2.08. The second-order valence-corrected chi connectivity index (χ2v) is 5.11. The Labute approximate surface area is 123 Å². The van der Waals surface area contributed by atoms with Crippen LogP contribution in [0.4, 0.5) is 0 Å². The van der Waals surface area contributed by atoms with Crippen LogP contribution in [0.3, 0.4) is 0 Å². The first kappa shape index (κ1) is 13.4. The summed E-state index contributed by atoms with van der Waals surface area (Å²) < 4.78 is 5.47. The maximum absolute atomic E-state index is 11.7. The molecule has 0 fully saturated rings. The summed E-state index contributed by atoms with van der Waals surface area (Å²) in [5, 5.41) is 0. The number of rotatable bonds is 3.